The molecule has 0 aliphatic rings. The number of aliphatic carboxylic acids is 2. The lowest BCUT2D eigenvalue weighted by molar-refractivity contribution is -0.172. The molecule has 0 aromatic carbocycles. The second-order valence-electron chi connectivity index (χ2n) is 13.8. The van der Waals surface area contributed by atoms with E-state index < -0.39 is 36.1 Å². The molecule has 0 bridgehead atoms. The van der Waals surface area contributed by atoms with Crippen LogP contribution in [0.3, 0.4) is 0 Å². The standard InChI is InChI=1S/2C18H34O2.C8H14O6/c2*1-2-3-4-5-6-7-8-9-10-11-12-13-14-15-16-17-18(19)20;1-3-13-7(11)5(9)6(10)8(12)14-4-2/h2*9-10H,2-8,11-17H2,1H3,(H,19,20);5-6,9-10H,3-4H2,1-2H3/b2*10-9-;. The molecule has 0 heterocycles. The van der Waals surface area contributed by atoms with Crippen LogP contribution in [0.15, 0.2) is 24.3 Å². The normalized spacial score (nSPS) is 12.0. The van der Waals surface area contributed by atoms with E-state index in [4.69, 9.17) is 20.4 Å². The van der Waals surface area contributed by atoms with Crippen molar-refractivity contribution in [1.82, 2.24) is 0 Å². The van der Waals surface area contributed by atoms with Crippen LogP contribution in [0, 0.1) is 0 Å². The molecule has 4 N–H and O–H groups in total. The summed E-state index contributed by atoms with van der Waals surface area (Å²) in [4.78, 5) is 42.4. The zero-order valence-corrected chi connectivity index (χ0v) is 34.9. The van der Waals surface area contributed by atoms with Gasteiger partial charge >= 0.3 is 23.9 Å². The molecular formula is C44H82O10. The van der Waals surface area contributed by atoms with Gasteiger partial charge < -0.3 is 29.9 Å². The van der Waals surface area contributed by atoms with Gasteiger partial charge in [0.1, 0.15) is 0 Å². The highest BCUT2D eigenvalue weighted by atomic mass is 16.6. The van der Waals surface area contributed by atoms with Gasteiger partial charge in [0, 0.05) is 12.8 Å². The van der Waals surface area contributed by atoms with Gasteiger partial charge in [-0.1, -0.05) is 141 Å². The smallest absolute Gasteiger partial charge is 0.338 e. The minimum atomic E-state index is -1.89. The first-order chi connectivity index (χ1) is 26.1. The van der Waals surface area contributed by atoms with Crippen LogP contribution in [0.1, 0.15) is 207 Å². The molecule has 0 aromatic heterocycles. The Labute approximate surface area is 329 Å². The van der Waals surface area contributed by atoms with E-state index in [1.807, 2.05) is 0 Å². The first-order valence-corrected chi connectivity index (χ1v) is 21.5. The third-order valence-corrected chi connectivity index (χ3v) is 8.66. The number of carbonyl (C=O) groups is 4. The average molecular weight is 771 g/mol. The summed E-state index contributed by atoms with van der Waals surface area (Å²) in [5, 5.41) is 35.2. The summed E-state index contributed by atoms with van der Waals surface area (Å²) in [6.45, 7) is 7.73. The molecule has 0 rings (SSSR count). The van der Waals surface area contributed by atoms with Crippen molar-refractivity contribution in [3.63, 3.8) is 0 Å². The Hall–Kier alpha value is -2.72. The predicted octanol–water partition coefficient (Wildman–Crippen LogP) is 11.1. The summed E-state index contributed by atoms with van der Waals surface area (Å²) in [5.74, 6) is -3.42. The molecule has 54 heavy (non-hydrogen) atoms. The van der Waals surface area contributed by atoms with Crippen LogP contribution in [0.5, 0.6) is 0 Å². The fourth-order valence-corrected chi connectivity index (χ4v) is 5.41. The summed E-state index contributed by atoms with van der Waals surface area (Å²) in [7, 11) is 0. The number of aliphatic hydroxyl groups is 2. The van der Waals surface area contributed by atoms with Crippen LogP contribution in [0.25, 0.3) is 0 Å². The van der Waals surface area contributed by atoms with Gasteiger partial charge in [0.25, 0.3) is 0 Å². The van der Waals surface area contributed by atoms with Gasteiger partial charge in [-0.3, -0.25) is 9.59 Å². The van der Waals surface area contributed by atoms with Gasteiger partial charge in [0.05, 0.1) is 13.2 Å². The number of carboxylic acids is 2. The summed E-state index contributed by atoms with van der Waals surface area (Å²) in [5.41, 5.74) is 0. The Morgan fingerprint density at radius 3 is 0.889 bits per heavy atom. The van der Waals surface area contributed by atoms with Crippen molar-refractivity contribution in [3.8, 4) is 0 Å². The van der Waals surface area contributed by atoms with Crippen molar-refractivity contribution in [3.05, 3.63) is 24.3 Å². The van der Waals surface area contributed by atoms with Crippen molar-refractivity contribution in [2.45, 2.75) is 220 Å². The molecule has 10 heteroatoms. The molecule has 318 valence electrons. The Morgan fingerprint density at radius 1 is 0.407 bits per heavy atom. The summed E-state index contributed by atoms with van der Waals surface area (Å²) in [6.07, 6.45) is 38.7. The van der Waals surface area contributed by atoms with Gasteiger partial charge in [-0.05, 0) is 78.1 Å². The zero-order chi connectivity index (χ0) is 40.9. The molecule has 0 aliphatic carbocycles. The second-order valence-corrected chi connectivity index (χ2v) is 13.8. The van der Waals surface area contributed by atoms with Crippen molar-refractivity contribution in [1.29, 1.82) is 0 Å². The van der Waals surface area contributed by atoms with Crippen LogP contribution in [-0.4, -0.2) is 69.7 Å². The predicted molar refractivity (Wildman–Crippen MR) is 219 cm³/mol. The van der Waals surface area contributed by atoms with E-state index >= 15 is 0 Å². The van der Waals surface area contributed by atoms with E-state index in [0.29, 0.717) is 12.8 Å². The first kappa shape index (κ1) is 55.6. The molecule has 0 saturated carbocycles. The molecule has 0 saturated heterocycles. The fraction of sp³-hybridized carbons (Fsp3) is 0.818. The maximum atomic E-state index is 10.9. The number of esters is 2. The summed E-state index contributed by atoms with van der Waals surface area (Å²) in [6, 6.07) is 0. The summed E-state index contributed by atoms with van der Waals surface area (Å²) < 4.78 is 8.79. The minimum absolute atomic E-state index is 0.0610. The van der Waals surface area contributed by atoms with Crippen LogP contribution < -0.4 is 0 Å². The fourth-order valence-electron chi connectivity index (χ4n) is 5.41. The highest BCUT2D eigenvalue weighted by molar-refractivity contribution is 5.85. The molecule has 0 spiro atoms. The number of rotatable bonds is 35. The van der Waals surface area contributed by atoms with Gasteiger partial charge in [0.2, 0.25) is 0 Å². The monoisotopic (exact) mass is 771 g/mol. The zero-order valence-electron chi connectivity index (χ0n) is 34.9. The lowest BCUT2D eigenvalue weighted by Crippen LogP contribution is -2.41. The highest BCUT2D eigenvalue weighted by Gasteiger charge is 2.32. The number of unbranched alkanes of at least 4 members (excludes halogenated alkanes) is 22. The SMILES string of the molecule is CCCCCCCC/C=C\CCCCCCCC(=O)O.CCCCCCCC/C=C\CCCCCCCC(=O)O.CCOC(=O)C(O)C(O)C(=O)OCC. The van der Waals surface area contributed by atoms with E-state index in [2.05, 4.69) is 47.6 Å². The molecule has 0 radical (unpaired) electrons. The third-order valence-electron chi connectivity index (χ3n) is 8.66. The number of carbonyl (C=O) groups excluding carboxylic acids is 2. The van der Waals surface area contributed by atoms with Crippen LogP contribution in [0.2, 0.25) is 0 Å². The summed E-state index contributed by atoms with van der Waals surface area (Å²) >= 11 is 0. The Balaban J connectivity index is -0.000000736. The second kappa shape index (κ2) is 46.4. The maximum Gasteiger partial charge on any atom is 0.338 e. The van der Waals surface area contributed by atoms with E-state index in [9.17, 15) is 19.2 Å². The third kappa shape index (κ3) is 47.3. The maximum absolute atomic E-state index is 10.9. The Bertz CT molecular complexity index is 830. The average Bonchev–Trinajstić information content (AvgIpc) is 3.14. The van der Waals surface area contributed by atoms with Crippen LogP contribution >= 0.6 is 0 Å². The quantitative estimate of drug-likeness (QED) is 0.0276. The largest absolute Gasteiger partial charge is 0.481 e. The van der Waals surface area contributed by atoms with E-state index in [0.717, 1.165) is 25.7 Å². The molecule has 0 amide bonds. The van der Waals surface area contributed by atoms with Crippen LogP contribution in [-0.2, 0) is 28.7 Å². The number of hydrogen-bond donors (Lipinski definition) is 4. The number of carboxylic acid groups (broad SMARTS) is 2. The van der Waals surface area contributed by atoms with Gasteiger partial charge in [-0.25, -0.2) is 9.59 Å². The van der Waals surface area contributed by atoms with E-state index in [1.54, 1.807) is 13.8 Å². The van der Waals surface area contributed by atoms with Crippen molar-refractivity contribution >= 4 is 23.9 Å². The molecule has 2 unspecified atom stereocenters. The highest BCUT2D eigenvalue weighted by Crippen LogP contribution is 2.11. The molecule has 0 aromatic rings. The molecule has 10 nitrogen and oxygen atoms in total. The van der Waals surface area contributed by atoms with E-state index in [1.165, 1.54) is 141 Å². The number of hydrogen-bond acceptors (Lipinski definition) is 8. The van der Waals surface area contributed by atoms with Gasteiger partial charge in [-0.15, -0.1) is 0 Å². The number of allylic oxidation sites excluding steroid dienone is 4. The molecule has 2 atom stereocenters. The number of ether oxygens (including phenoxy) is 2. The van der Waals surface area contributed by atoms with Crippen LogP contribution in [0.4, 0.5) is 0 Å². The van der Waals surface area contributed by atoms with Gasteiger partial charge in [0.15, 0.2) is 12.2 Å². The Morgan fingerprint density at radius 2 is 0.648 bits per heavy atom. The number of aliphatic hydroxyl groups excluding tert-OH is 2. The van der Waals surface area contributed by atoms with Crippen molar-refractivity contribution < 1.29 is 49.1 Å². The first-order valence-electron chi connectivity index (χ1n) is 21.5. The molecule has 0 fully saturated rings. The van der Waals surface area contributed by atoms with Crippen molar-refractivity contribution in [2.24, 2.45) is 0 Å². The lowest BCUT2D eigenvalue weighted by Gasteiger charge is -2.14. The topological polar surface area (TPSA) is 168 Å². The minimum Gasteiger partial charge on any atom is -0.481 e. The molecule has 0 aliphatic heterocycles. The molecular weight excluding hydrogens is 688 g/mol. The Kier molecular flexibility index (Phi) is 47.8. The van der Waals surface area contributed by atoms with Crippen molar-refractivity contribution in [2.75, 3.05) is 13.2 Å². The van der Waals surface area contributed by atoms with E-state index in [-0.39, 0.29) is 13.2 Å². The lowest BCUT2D eigenvalue weighted by atomic mass is 10.1. The van der Waals surface area contributed by atoms with Gasteiger partial charge in [-0.2, -0.15) is 0 Å².